The van der Waals surface area contributed by atoms with Gasteiger partial charge in [0.05, 0.1) is 24.0 Å². The van der Waals surface area contributed by atoms with Crippen molar-refractivity contribution in [3.8, 4) is 0 Å². The Morgan fingerprint density at radius 2 is 1.23 bits per heavy atom. The number of aromatic nitrogens is 1. The zero-order valence-electron chi connectivity index (χ0n) is 30.2. The van der Waals surface area contributed by atoms with E-state index in [9.17, 15) is 19.2 Å². The van der Waals surface area contributed by atoms with Gasteiger partial charge in [-0.25, -0.2) is 4.98 Å². The van der Waals surface area contributed by atoms with Crippen molar-refractivity contribution in [2.45, 2.75) is 84.0 Å². The Morgan fingerprint density at radius 1 is 0.692 bits per heavy atom. The van der Waals surface area contributed by atoms with Crippen molar-refractivity contribution in [2.24, 2.45) is 0 Å². The SMILES string of the molecule is CCC(=O)N1c2ccccc2[C@H](Nc2ccc(C(=O)NCCC(=O)Nc3ccc(N[C@@H]4C[C@H](C)N(C(=O)CC)c5ccccc54)nc3)cc2)C[C@@H]1C. The first kappa shape index (κ1) is 36.1. The van der Waals surface area contributed by atoms with Gasteiger partial charge in [0.25, 0.3) is 5.91 Å². The molecule has 0 bridgehead atoms. The molecule has 270 valence electrons. The van der Waals surface area contributed by atoms with E-state index in [0.29, 0.717) is 29.9 Å². The molecule has 0 unspecified atom stereocenters. The smallest absolute Gasteiger partial charge is 0.251 e. The third-order valence-electron chi connectivity index (χ3n) is 9.82. The second-order valence-corrected chi connectivity index (χ2v) is 13.5. The molecule has 4 aromatic rings. The minimum atomic E-state index is -0.261. The number of benzene rings is 3. The van der Waals surface area contributed by atoms with Gasteiger partial charge in [-0.2, -0.15) is 0 Å². The van der Waals surface area contributed by atoms with E-state index in [0.717, 1.165) is 41.0 Å². The van der Waals surface area contributed by atoms with Crippen molar-refractivity contribution in [3.05, 3.63) is 108 Å². The van der Waals surface area contributed by atoms with Gasteiger partial charge in [-0.15, -0.1) is 0 Å². The minimum absolute atomic E-state index is 0.0146. The summed E-state index contributed by atoms with van der Waals surface area (Å²) in [6.45, 7) is 8.08. The maximum Gasteiger partial charge on any atom is 0.251 e. The lowest BCUT2D eigenvalue weighted by molar-refractivity contribution is -0.119. The summed E-state index contributed by atoms with van der Waals surface area (Å²) in [6, 6.07) is 26.9. The van der Waals surface area contributed by atoms with Gasteiger partial charge in [-0.05, 0) is 86.3 Å². The standard InChI is InChI=1S/C41H47N7O4/c1-5-39(50)47-26(3)23-33(31-11-7-9-13-35(31)47)44-29-17-15-28(16-18-29)41(52)42-22-21-38(49)45-30-19-20-37(43-25-30)46-34-24-27(4)48(40(51)6-2)36-14-10-8-12-32(34)36/h7-20,25-27,33-34,44H,5-6,21-24H2,1-4H3,(H,42,52)(H,43,46)(H,45,49)/t26-,27-,33+,34+/m0/s1. The molecule has 11 nitrogen and oxygen atoms in total. The second-order valence-electron chi connectivity index (χ2n) is 13.5. The molecule has 2 aliphatic rings. The van der Waals surface area contributed by atoms with Crippen LogP contribution in [0.5, 0.6) is 0 Å². The molecule has 4 amide bonds. The average Bonchev–Trinajstić information content (AvgIpc) is 3.15. The molecule has 4 N–H and O–H groups in total. The largest absolute Gasteiger partial charge is 0.378 e. The fraction of sp³-hybridized carbons (Fsp3) is 0.341. The summed E-state index contributed by atoms with van der Waals surface area (Å²) in [6.07, 6.45) is 4.12. The molecule has 3 heterocycles. The van der Waals surface area contributed by atoms with Crippen LogP contribution in [0.15, 0.2) is 91.1 Å². The molecule has 3 aromatic carbocycles. The molecule has 0 fully saturated rings. The summed E-state index contributed by atoms with van der Waals surface area (Å²) in [7, 11) is 0. The number of carbonyl (C=O) groups excluding carboxylic acids is 4. The molecule has 0 spiro atoms. The lowest BCUT2D eigenvalue weighted by Crippen LogP contribution is -2.44. The zero-order valence-corrected chi connectivity index (χ0v) is 30.2. The van der Waals surface area contributed by atoms with Gasteiger partial charge < -0.3 is 31.1 Å². The molecule has 52 heavy (non-hydrogen) atoms. The van der Waals surface area contributed by atoms with E-state index in [1.165, 1.54) is 0 Å². The molecule has 0 saturated carbocycles. The van der Waals surface area contributed by atoms with Crippen LogP contribution in [0.3, 0.4) is 0 Å². The number of para-hydroxylation sites is 2. The van der Waals surface area contributed by atoms with Crippen LogP contribution in [0.1, 0.15) is 93.4 Å². The third kappa shape index (κ3) is 7.93. The van der Waals surface area contributed by atoms with Gasteiger partial charge in [0, 0.05) is 60.5 Å². The van der Waals surface area contributed by atoms with E-state index < -0.39 is 0 Å². The number of carbonyl (C=O) groups is 4. The monoisotopic (exact) mass is 701 g/mol. The second kappa shape index (κ2) is 16.1. The number of rotatable bonds is 11. The summed E-state index contributed by atoms with van der Waals surface area (Å²) in [4.78, 5) is 59.1. The van der Waals surface area contributed by atoms with Crippen molar-refractivity contribution >= 4 is 52.2 Å². The summed E-state index contributed by atoms with van der Waals surface area (Å²) < 4.78 is 0. The zero-order chi connectivity index (χ0) is 36.8. The highest BCUT2D eigenvalue weighted by atomic mass is 16.2. The summed E-state index contributed by atoms with van der Waals surface area (Å²) in [5, 5.41) is 12.8. The molecular formula is C41H47N7O4. The highest BCUT2D eigenvalue weighted by Crippen LogP contribution is 2.40. The van der Waals surface area contributed by atoms with E-state index in [1.54, 1.807) is 24.4 Å². The van der Waals surface area contributed by atoms with Crippen LogP contribution in [-0.4, -0.2) is 47.2 Å². The van der Waals surface area contributed by atoms with Crippen LogP contribution < -0.4 is 31.1 Å². The number of pyridine rings is 1. The predicted octanol–water partition coefficient (Wildman–Crippen LogP) is 7.22. The van der Waals surface area contributed by atoms with E-state index in [4.69, 9.17) is 0 Å². The number of hydrogen-bond donors (Lipinski definition) is 4. The Labute approximate surface area is 305 Å². The number of nitrogens with zero attached hydrogens (tertiary/aromatic N) is 3. The maximum atomic E-state index is 12.8. The molecular weight excluding hydrogens is 654 g/mol. The number of nitrogens with one attached hydrogen (secondary N) is 4. The van der Waals surface area contributed by atoms with Crippen LogP contribution in [0.2, 0.25) is 0 Å². The van der Waals surface area contributed by atoms with Gasteiger partial charge in [-0.1, -0.05) is 50.2 Å². The van der Waals surface area contributed by atoms with E-state index in [2.05, 4.69) is 46.2 Å². The Balaban J connectivity index is 0.971. The third-order valence-corrected chi connectivity index (χ3v) is 9.82. The lowest BCUT2D eigenvalue weighted by Gasteiger charge is -2.40. The minimum Gasteiger partial charge on any atom is -0.378 e. The first-order valence-corrected chi connectivity index (χ1v) is 18.2. The topological polar surface area (TPSA) is 136 Å². The molecule has 2 aliphatic heterocycles. The summed E-state index contributed by atoms with van der Waals surface area (Å²) >= 11 is 0. The van der Waals surface area contributed by atoms with Crippen LogP contribution in [0.25, 0.3) is 0 Å². The molecule has 0 aliphatic carbocycles. The molecule has 4 atom stereocenters. The highest BCUT2D eigenvalue weighted by molar-refractivity contribution is 5.97. The Bertz CT molecular complexity index is 1910. The van der Waals surface area contributed by atoms with Gasteiger partial charge in [-0.3, -0.25) is 19.2 Å². The summed E-state index contributed by atoms with van der Waals surface area (Å²) in [5.41, 5.74) is 5.91. The number of anilines is 5. The van der Waals surface area contributed by atoms with Crippen LogP contribution >= 0.6 is 0 Å². The molecule has 11 heteroatoms. The first-order chi connectivity index (χ1) is 25.2. The number of fused-ring (bicyclic) bond motifs is 2. The fourth-order valence-corrected chi connectivity index (χ4v) is 7.27. The highest BCUT2D eigenvalue weighted by Gasteiger charge is 2.34. The van der Waals surface area contributed by atoms with E-state index >= 15 is 0 Å². The van der Waals surface area contributed by atoms with Crippen molar-refractivity contribution in [1.82, 2.24) is 10.3 Å². The number of amides is 4. The molecule has 0 saturated heterocycles. The average molecular weight is 702 g/mol. The lowest BCUT2D eigenvalue weighted by atomic mass is 9.91. The van der Waals surface area contributed by atoms with Gasteiger partial charge >= 0.3 is 0 Å². The van der Waals surface area contributed by atoms with Crippen molar-refractivity contribution in [3.63, 3.8) is 0 Å². The predicted molar refractivity (Wildman–Crippen MR) is 206 cm³/mol. The van der Waals surface area contributed by atoms with Gasteiger partial charge in [0.1, 0.15) is 5.82 Å². The van der Waals surface area contributed by atoms with Crippen LogP contribution in [0, 0.1) is 0 Å². The van der Waals surface area contributed by atoms with E-state index in [1.807, 2.05) is 84.3 Å². The van der Waals surface area contributed by atoms with Crippen LogP contribution in [-0.2, 0) is 14.4 Å². The summed E-state index contributed by atoms with van der Waals surface area (Å²) in [5.74, 6) is 0.390. The van der Waals surface area contributed by atoms with Crippen molar-refractivity contribution in [2.75, 3.05) is 32.3 Å². The van der Waals surface area contributed by atoms with Crippen molar-refractivity contribution < 1.29 is 19.2 Å². The van der Waals surface area contributed by atoms with E-state index in [-0.39, 0.29) is 60.8 Å². The first-order valence-electron chi connectivity index (χ1n) is 18.2. The normalized spacial score (nSPS) is 19.2. The maximum absolute atomic E-state index is 12.8. The molecule has 6 rings (SSSR count). The van der Waals surface area contributed by atoms with Crippen LogP contribution in [0.4, 0.5) is 28.6 Å². The van der Waals surface area contributed by atoms with Crippen molar-refractivity contribution in [1.29, 1.82) is 0 Å². The Hall–Kier alpha value is -5.71. The fourth-order valence-electron chi connectivity index (χ4n) is 7.27. The Kier molecular flexibility index (Phi) is 11.2. The molecule has 0 radical (unpaired) electrons. The molecule has 1 aromatic heterocycles. The van der Waals surface area contributed by atoms with Gasteiger partial charge in [0.15, 0.2) is 0 Å². The number of hydrogen-bond acceptors (Lipinski definition) is 7. The Morgan fingerprint density at radius 3 is 1.77 bits per heavy atom. The van der Waals surface area contributed by atoms with Gasteiger partial charge in [0.2, 0.25) is 17.7 Å². The quantitative estimate of drug-likeness (QED) is 0.130.